The van der Waals surface area contributed by atoms with Gasteiger partial charge in [-0.1, -0.05) is 6.07 Å². The SMILES string of the molecule is COc1cccc(Cn2cccc(NS(=O)(=O)N(C)C)c2=O)n1. The fourth-order valence-corrected chi connectivity index (χ4v) is 2.42. The fraction of sp³-hybridized carbons (Fsp3) is 0.286. The average molecular weight is 338 g/mol. The van der Waals surface area contributed by atoms with Crippen LogP contribution in [-0.4, -0.2) is 43.5 Å². The van der Waals surface area contributed by atoms with Crippen molar-refractivity contribution < 1.29 is 13.2 Å². The Balaban J connectivity index is 2.31. The number of hydrogen-bond donors (Lipinski definition) is 1. The molecule has 0 saturated heterocycles. The third kappa shape index (κ3) is 4.08. The molecule has 0 unspecified atom stereocenters. The third-order valence-electron chi connectivity index (χ3n) is 3.06. The lowest BCUT2D eigenvalue weighted by Crippen LogP contribution is -2.33. The predicted octanol–water partition coefficient (Wildman–Crippen LogP) is 0.518. The first-order valence-electron chi connectivity index (χ1n) is 6.73. The van der Waals surface area contributed by atoms with Crippen molar-refractivity contribution in [1.29, 1.82) is 0 Å². The highest BCUT2D eigenvalue weighted by Crippen LogP contribution is 2.09. The van der Waals surface area contributed by atoms with Crippen LogP contribution in [-0.2, 0) is 16.8 Å². The Morgan fingerprint density at radius 1 is 1.26 bits per heavy atom. The largest absolute Gasteiger partial charge is 0.481 e. The van der Waals surface area contributed by atoms with Crippen LogP contribution in [0.2, 0.25) is 0 Å². The molecule has 0 spiro atoms. The minimum absolute atomic E-state index is 0.0240. The maximum absolute atomic E-state index is 12.4. The van der Waals surface area contributed by atoms with Gasteiger partial charge >= 0.3 is 10.2 Å². The van der Waals surface area contributed by atoms with Gasteiger partial charge < -0.3 is 9.30 Å². The summed E-state index contributed by atoms with van der Waals surface area (Å²) in [5.41, 5.74) is 0.144. The van der Waals surface area contributed by atoms with Crippen LogP contribution in [0.25, 0.3) is 0 Å². The number of hydrogen-bond acceptors (Lipinski definition) is 5. The molecule has 124 valence electrons. The molecule has 0 atom stereocenters. The molecule has 23 heavy (non-hydrogen) atoms. The van der Waals surface area contributed by atoms with Gasteiger partial charge in [-0.05, 0) is 18.2 Å². The Morgan fingerprint density at radius 3 is 2.65 bits per heavy atom. The molecule has 9 heteroatoms. The molecular formula is C14H18N4O4S. The standard InChI is InChI=1S/C14H18N4O4S/c1-17(2)23(20,21)16-12-7-5-9-18(14(12)19)10-11-6-4-8-13(15-11)22-3/h4-9,16H,10H2,1-3H3. The average Bonchev–Trinajstić information content (AvgIpc) is 2.51. The van der Waals surface area contributed by atoms with Crippen molar-refractivity contribution in [3.8, 4) is 5.88 Å². The lowest BCUT2D eigenvalue weighted by Gasteiger charge is -2.14. The minimum atomic E-state index is -3.74. The Labute approximate surface area is 134 Å². The molecule has 0 radical (unpaired) electrons. The van der Waals surface area contributed by atoms with E-state index in [0.717, 1.165) is 4.31 Å². The van der Waals surface area contributed by atoms with Gasteiger partial charge in [0, 0.05) is 26.4 Å². The summed E-state index contributed by atoms with van der Waals surface area (Å²) in [6.45, 7) is 0.202. The summed E-state index contributed by atoms with van der Waals surface area (Å²) in [7, 11) is 0.527. The second-order valence-electron chi connectivity index (χ2n) is 4.92. The van der Waals surface area contributed by atoms with E-state index >= 15 is 0 Å². The Morgan fingerprint density at radius 2 is 2.00 bits per heavy atom. The molecular weight excluding hydrogens is 320 g/mol. The number of methoxy groups -OCH3 is 1. The van der Waals surface area contributed by atoms with Crippen LogP contribution in [0.15, 0.2) is 41.3 Å². The molecule has 0 fully saturated rings. The molecule has 2 heterocycles. The zero-order chi connectivity index (χ0) is 17.0. The van der Waals surface area contributed by atoms with Gasteiger partial charge in [-0.2, -0.15) is 12.7 Å². The summed E-state index contributed by atoms with van der Waals surface area (Å²) in [4.78, 5) is 16.6. The smallest absolute Gasteiger partial charge is 0.301 e. The van der Waals surface area contributed by atoms with Gasteiger partial charge in [0.2, 0.25) is 5.88 Å². The number of rotatable bonds is 6. The van der Waals surface area contributed by atoms with Crippen LogP contribution in [0.4, 0.5) is 5.69 Å². The van der Waals surface area contributed by atoms with E-state index in [1.165, 1.54) is 31.8 Å². The predicted molar refractivity (Wildman–Crippen MR) is 86.8 cm³/mol. The minimum Gasteiger partial charge on any atom is -0.481 e. The summed E-state index contributed by atoms with van der Waals surface area (Å²) < 4.78 is 33.3. The van der Waals surface area contributed by atoms with Crippen LogP contribution in [0.3, 0.4) is 0 Å². The highest BCUT2D eigenvalue weighted by molar-refractivity contribution is 7.90. The Kier molecular flexibility index (Phi) is 5.02. The molecule has 0 aliphatic rings. The van der Waals surface area contributed by atoms with Crippen molar-refractivity contribution in [3.63, 3.8) is 0 Å². The number of nitrogens with one attached hydrogen (secondary N) is 1. The molecule has 2 aromatic rings. The molecule has 0 bridgehead atoms. The van der Waals surface area contributed by atoms with Crippen molar-refractivity contribution in [2.24, 2.45) is 0 Å². The summed E-state index contributed by atoms with van der Waals surface area (Å²) >= 11 is 0. The zero-order valence-corrected chi connectivity index (χ0v) is 13.9. The second kappa shape index (κ2) is 6.80. The molecule has 8 nitrogen and oxygen atoms in total. The molecule has 0 aliphatic carbocycles. The van der Waals surface area contributed by atoms with Crippen molar-refractivity contribution in [1.82, 2.24) is 13.9 Å². The van der Waals surface area contributed by atoms with Gasteiger partial charge in [0.25, 0.3) is 5.56 Å². The molecule has 0 aliphatic heterocycles. The van der Waals surface area contributed by atoms with Crippen LogP contribution in [0.1, 0.15) is 5.69 Å². The van der Waals surface area contributed by atoms with E-state index in [4.69, 9.17) is 4.74 Å². The molecule has 0 aromatic carbocycles. The normalized spacial score (nSPS) is 11.5. The summed E-state index contributed by atoms with van der Waals surface area (Å²) in [6, 6.07) is 8.23. The maximum Gasteiger partial charge on any atom is 0.301 e. The van der Waals surface area contributed by atoms with Crippen molar-refractivity contribution in [3.05, 3.63) is 52.6 Å². The Bertz CT molecular complexity index is 846. The quantitative estimate of drug-likeness (QED) is 0.829. The van der Waals surface area contributed by atoms with E-state index in [-0.39, 0.29) is 12.2 Å². The second-order valence-corrected chi connectivity index (χ2v) is 6.80. The highest BCUT2D eigenvalue weighted by Gasteiger charge is 2.15. The molecule has 2 aromatic heterocycles. The van der Waals surface area contributed by atoms with Crippen LogP contribution < -0.4 is 15.0 Å². The lowest BCUT2D eigenvalue weighted by atomic mass is 10.3. The summed E-state index contributed by atoms with van der Waals surface area (Å²) in [6.07, 6.45) is 1.57. The van der Waals surface area contributed by atoms with Gasteiger partial charge in [-0.3, -0.25) is 9.52 Å². The van der Waals surface area contributed by atoms with Crippen molar-refractivity contribution >= 4 is 15.9 Å². The number of anilines is 1. The van der Waals surface area contributed by atoms with E-state index in [1.54, 1.807) is 30.5 Å². The van der Waals surface area contributed by atoms with Gasteiger partial charge in [-0.15, -0.1) is 0 Å². The van der Waals surface area contributed by atoms with Crippen molar-refractivity contribution in [2.45, 2.75) is 6.54 Å². The van der Waals surface area contributed by atoms with E-state index in [1.807, 2.05) is 0 Å². The number of aromatic nitrogens is 2. The molecule has 0 saturated carbocycles. The summed E-state index contributed by atoms with van der Waals surface area (Å²) in [5.74, 6) is 0.444. The Hall–Kier alpha value is -2.39. The first-order valence-corrected chi connectivity index (χ1v) is 8.17. The van der Waals surface area contributed by atoms with E-state index in [0.29, 0.717) is 11.6 Å². The van der Waals surface area contributed by atoms with Crippen LogP contribution in [0, 0.1) is 0 Å². The monoisotopic (exact) mass is 338 g/mol. The lowest BCUT2D eigenvalue weighted by molar-refractivity contribution is 0.396. The number of ether oxygens (including phenoxy) is 1. The van der Waals surface area contributed by atoms with E-state index in [9.17, 15) is 13.2 Å². The molecule has 2 rings (SSSR count). The zero-order valence-electron chi connectivity index (χ0n) is 13.1. The van der Waals surface area contributed by atoms with Gasteiger partial charge in [0.15, 0.2) is 0 Å². The van der Waals surface area contributed by atoms with E-state index in [2.05, 4.69) is 9.71 Å². The first-order chi connectivity index (χ1) is 10.8. The van der Waals surface area contributed by atoms with Crippen LogP contribution >= 0.6 is 0 Å². The third-order valence-corrected chi connectivity index (χ3v) is 4.50. The number of pyridine rings is 2. The molecule has 0 amide bonds. The van der Waals surface area contributed by atoms with Crippen LogP contribution in [0.5, 0.6) is 5.88 Å². The first kappa shape index (κ1) is 17.0. The van der Waals surface area contributed by atoms with E-state index < -0.39 is 15.8 Å². The van der Waals surface area contributed by atoms with Gasteiger partial charge in [0.05, 0.1) is 19.3 Å². The van der Waals surface area contributed by atoms with Gasteiger partial charge in [-0.25, -0.2) is 4.98 Å². The topological polar surface area (TPSA) is 93.5 Å². The molecule has 1 N–H and O–H groups in total. The maximum atomic E-state index is 12.4. The fourth-order valence-electron chi connectivity index (χ4n) is 1.80. The van der Waals surface area contributed by atoms with Gasteiger partial charge in [0.1, 0.15) is 5.69 Å². The number of nitrogens with zero attached hydrogens (tertiary/aromatic N) is 3. The van der Waals surface area contributed by atoms with Crippen molar-refractivity contribution in [2.75, 3.05) is 25.9 Å². The summed E-state index contributed by atoms with van der Waals surface area (Å²) in [5, 5.41) is 0. The highest BCUT2D eigenvalue weighted by atomic mass is 32.2.